The van der Waals surface area contributed by atoms with Crippen LogP contribution in [0.3, 0.4) is 0 Å². The van der Waals surface area contributed by atoms with Crippen LogP contribution in [-0.4, -0.2) is 22.0 Å². The zero-order valence-corrected chi connectivity index (χ0v) is 13.9. The summed E-state index contributed by atoms with van der Waals surface area (Å²) in [5.41, 5.74) is 0.681. The van der Waals surface area contributed by atoms with Crippen molar-refractivity contribution >= 4 is 34.2 Å². The summed E-state index contributed by atoms with van der Waals surface area (Å²) in [5.74, 6) is 0.270. The number of hydrogen-bond donors (Lipinski definition) is 2. The summed E-state index contributed by atoms with van der Waals surface area (Å²) in [7, 11) is 0. The number of benzene rings is 1. The number of amides is 1. The molecule has 0 fully saturated rings. The van der Waals surface area contributed by atoms with Gasteiger partial charge in [0.2, 0.25) is 5.91 Å². The standard InChI is InChI=1S/C15H17IN2O3/c1-11(19)12(10-17)9-15(20)18-13-3-5-14(6-4-13)21-8-2-7-16/h3-6,19H,2,7-9H2,1H3,(H,18,20). The molecule has 1 aromatic carbocycles. The Bertz CT molecular complexity index is 543. The summed E-state index contributed by atoms with van der Waals surface area (Å²) in [4.78, 5) is 11.7. The Kier molecular flexibility index (Phi) is 7.61. The number of aliphatic hydroxyl groups excluding tert-OH is 1. The van der Waals surface area contributed by atoms with Crippen molar-refractivity contribution in [2.24, 2.45) is 0 Å². The summed E-state index contributed by atoms with van der Waals surface area (Å²) < 4.78 is 6.57. The molecule has 21 heavy (non-hydrogen) atoms. The molecule has 1 rings (SSSR count). The number of allylic oxidation sites excluding steroid dienone is 1. The largest absolute Gasteiger partial charge is 0.512 e. The van der Waals surface area contributed by atoms with Gasteiger partial charge in [-0.25, -0.2) is 0 Å². The van der Waals surface area contributed by atoms with Gasteiger partial charge in [-0.2, -0.15) is 5.26 Å². The van der Waals surface area contributed by atoms with E-state index >= 15 is 0 Å². The van der Waals surface area contributed by atoms with E-state index in [-0.39, 0.29) is 23.7 Å². The SMILES string of the molecule is CC(O)=C(C#N)CC(=O)Nc1ccc(OCCCI)cc1. The molecule has 1 aromatic rings. The molecule has 0 bridgehead atoms. The third-order valence-corrected chi connectivity index (χ3v) is 3.36. The molecule has 0 saturated heterocycles. The first-order chi connectivity index (χ1) is 10.1. The van der Waals surface area contributed by atoms with Crippen LogP contribution in [-0.2, 0) is 4.79 Å². The van der Waals surface area contributed by atoms with Gasteiger partial charge in [-0.15, -0.1) is 0 Å². The van der Waals surface area contributed by atoms with Crippen molar-refractivity contribution in [2.45, 2.75) is 19.8 Å². The van der Waals surface area contributed by atoms with Gasteiger partial charge < -0.3 is 15.2 Å². The lowest BCUT2D eigenvalue weighted by molar-refractivity contribution is -0.115. The summed E-state index contributed by atoms with van der Waals surface area (Å²) in [6.45, 7) is 2.05. The summed E-state index contributed by atoms with van der Waals surface area (Å²) in [6.07, 6.45) is 0.843. The van der Waals surface area contributed by atoms with Crippen molar-refractivity contribution in [3.8, 4) is 11.8 Å². The van der Waals surface area contributed by atoms with Gasteiger partial charge in [0.15, 0.2) is 0 Å². The number of halogens is 1. The van der Waals surface area contributed by atoms with Gasteiger partial charge in [-0.3, -0.25) is 4.79 Å². The maximum Gasteiger partial charge on any atom is 0.229 e. The van der Waals surface area contributed by atoms with Crippen molar-refractivity contribution in [3.05, 3.63) is 35.6 Å². The van der Waals surface area contributed by atoms with E-state index in [9.17, 15) is 9.90 Å². The average molecular weight is 400 g/mol. The number of alkyl halides is 1. The second-order valence-corrected chi connectivity index (χ2v) is 5.39. The van der Waals surface area contributed by atoms with E-state index in [2.05, 4.69) is 27.9 Å². The number of hydrogen-bond acceptors (Lipinski definition) is 4. The zero-order valence-electron chi connectivity index (χ0n) is 11.7. The molecule has 0 saturated carbocycles. The van der Waals surface area contributed by atoms with Gasteiger partial charge in [0.05, 0.1) is 24.7 Å². The second kappa shape index (κ2) is 9.23. The molecule has 0 aliphatic carbocycles. The zero-order chi connectivity index (χ0) is 15.7. The Morgan fingerprint density at radius 3 is 2.62 bits per heavy atom. The molecule has 0 spiro atoms. The summed E-state index contributed by atoms with van der Waals surface area (Å²) in [5, 5.41) is 20.7. The van der Waals surface area contributed by atoms with E-state index < -0.39 is 0 Å². The van der Waals surface area contributed by atoms with Crippen LogP contribution in [0.15, 0.2) is 35.6 Å². The molecular formula is C15H17IN2O3. The minimum absolute atomic E-state index is 0.0613. The predicted octanol–water partition coefficient (Wildman–Crippen LogP) is 3.57. The molecule has 5 nitrogen and oxygen atoms in total. The lowest BCUT2D eigenvalue weighted by atomic mass is 10.1. The van der Waals surface area contributed by atoms with Gasteiger partial charge >= 0.3 is 0 Å². The Morgan fingerprint density at radius 2 is 2.10 bits per heavy atom. The number of rotatable bonds is 7. The molecule has 1 amide bonds. The van der Waals surface area contributed by atoms with E-state index in [4.69, 9.17) is 10.00 Å². The summed E-state index contributed by atoms with van der Waals surface area (Å²) >= 11 is 2.29. The molecule has 0 unspecified atom stereocenters. The molecule has 0 radical (unpaired) electrons. The first kappa shape index (κ1) is 17.3. The van der Waals surface area contributed by atoms with Crippen LogP contribution < -0.4 is 10.1 Å². The minimum atomic E-state index is -0.349. The van der Waals surface area contributed by atoms with E-state index in [1.807, 2.05) is 0 Å². The van der Waals surface area contributed by atoms with Crippen molar-refractivity contribution < 1.29 is 14.6 Å². The highest BCUT2D eigenvalue weighted by atomic mass is 127. The van der Waals surface area contributed by atoms with E-state index in [1.54, 1.807) is 30.3 Å². The normalized spacial score (nSPS) is 11.3. The lowest BCUT2D eigenvalue weighted by Crippen LogP contribution is -2.12. The summed E-state index contributed by atoms with van der Waals surface area (Å²) in [6, 6.07) is 8.83. The average Bonchev–Trinajstić information content (AvgIpc) is 2.46. The molecule has 6 heteroatoms. The second-order valence-electron chi connectivity index (χ2n) is 4.32. The van der Waals surface area contributed by atoms with Crippen molar-refractivity contribution in [3.63, 3.8) is 0 Å². The van der Waals surface area contributed by atoms with Crippen molar-refractivity contribution in [1.29, 1.82) is 5.26 Å². The van der Waals surface area contributed by atoms with Gasteiger partial charge in [0.1, 0.15) is 11.5 Å². The fraction of sp³-hybridized carbons (Fsp3) is 0.333. The van der Waals surface area contributed by atoms with Crippen molar-refractivity contribution in [1.82, 2.24) is 0 Å². The highest BCUT2D eigenvalue weighted by molar-refractivity contribution is 14.1. The fourth-order valence-corrected chi connectivity index (χ4v) is 1.80. The maximum absolute atomic E-state index is 11.7. The first-order valence-electron chi connectivity index (χ1n) is 6.44. The molecule has 0 atom stereocenters. The smallest absolute Gasteiger partial charge is 0.229 e. The Balaban J connectivity index is 2.54. The Morgan fingerprint density at radius 1 is 1.43 bits per heavy atom. The number of nitrogens with zero attached hydrogens (tertiary/aromatic N) is 1. The number of aliphatic hydroxyl groups is 1. The highest BCUT2D eigenvalue weighted by Gasteiger charge is 2.09. The van der Waals surface area contributed by atoms with Gasteiger partial charge in [-0.1, -0.05) is 22.6 Å². The Labute approximate surface area is 137 Å². The van der Waals surface area contributed by atoms with Crippen LogP contribution in [0.1, 0.15) is 19.8 Å². The predicted molar refractivity (Wildman–Crippen MR) is 89.6 cm³/mol. The molecule has 0 aliphatic heterocycles. The number of nitrogens with one attached hydrogen (secondary N) is 1. The number of carbonyl (C=O) groups is 1. The van der Waals surface area contributed by atoms with Crippen LogP contribution in [0.25, 0.3) is 0 Å². The van der Waals surface area contributed by atoms with E-state index in [0.717, 1.165) is 16.6 Å². The molecule has 0 aromatic heterocycles. The molecule has 112 valence electrons. The van der Waals surface area contributed by atoms with Gasteiger partial charge in [0, 0.05) is 10.1 Å². The number of carbonyl (C=O) groups excluding carboxylic acids is 1. The highest BCUT2D eigenvalue weighted by Crippen LogP contribution is 2.17. The minimum Gasteiger partial charge on any atom is -0.512 e. The van der Waals surface area contributed by atoms with Crippen LogP contribution in [0.4, 0.5) is 5.69 Å². The maximum atomic E-state index is 11.7. The molecular weight excluding hydrogens is 383 g/mol. The van der Waals surface area contributed by atoms with Crippen molar-refractivity contribution in [2.75, 3.05) is 16.4 Å². The quantitative estimate of drug-likeness (QED) is 0.241. The number of anilines is 1. The fourth-order valence-electron chi connectivity index (χ4n) is 1.49. The van der Waals surface area contributed by atoms with Crippen LogP contribution in [0, 0.1) is 11.3 Å². The molecule has 0 heterocycles. The molecule has 2 N–H and O–H groups in total. The third-order valence-electron chi connectivity index (χ3n) is 2.59. The van der Waals surface area contributed by atoms with E-state index in [0.29, 0.717) is 12.3 Å². The monoisotopic (exact) mass is 400 g/mol. The van der Waals surface area contributed by atoms with Crippen LogP contribution >= 0.6 is 22.6 Å². The van der Waals surface area contributed by atoms with Crippen LogP contribution in [0.5, 0.6) is 5.75 Å². The third kappa shape index (κ3) is 6.49. The lowest BCUT2D eigenvalue weighted by Gasteiger charge is -2.08. The van der Waals surface area contributed by atoms with E-state index in [1.165, 1.54) is 6.92 Å². The number of ether oxygens (including phenoxy) is 1. The van der Waals surface area contributed by atoms with Crippen LogP contribution in [0.2, 0.25) is 0 Å². The van der Waals surface area contributed by atoms with Gasteiger partial charge in [-0.05, 0) is 37.6 Å². The molecule has 0 aliphatic rings. The van der Waals surface area contributed by atoms with Gasteiger partial charge in [0.25, 0.3) is 0 Å². The Hall–Kier alpha value is -1.75. The first-order valence-corrected chi connectivity index (χ1v) is 7.97. The number of nitriles is 1. The topological polar surface area (TPSA) is 82.3 Å².